The van der Waals surface area contributed by atoms with E-state index < -0.39 is 6.61 Å². The highest BCUT2D eigenvalue weighted by Gasteiger charge is 2.24. The van der Waals surface area contributed by atoms with Crippen LogP contribution in [0.1, 0.15) is 12.0 Å². The standard InChI is InChI=1S/C16H23F2N3O2.HI/c1-19-16(21-7-6-13(10-21)11-22-2)20-9-12-4-3-5-14(8-12)23-15(17)18;/h3-5,8,13,15H,6-7,9-11H2,1-2H3,(H,19,20);1H. The molecule has 1 aromatic carbocycles. The molecule has 5 nitrogen and oxygen atoms in total. The predicted octanol–water partition coefficient (Wildman–Crippen LogP) is 2.95. The van der Waals surface area contributed by atoms with E-state index >= 15 is 0 Å². The number of hydrogen-bond acceptors (Lipinski definition) is 3. The van der Waals surface area contributed by atoms with Crippen LogP contribution in [0.25, 0.3) is 0 Å². The Hall–Kier alpha value is -1.16. The van der Waals surface area contributed by atoms with Gasteiger partial charge in [-0.2, -0.15) is 8.78 Å². The fraction of sp³-hybridized carbons (Fsp3) is 0.562. The second kappa shape index (κ2) is 10.7. The molecule has 1 atom stereocenters. The molecule has 1 fully saturated rings. The zero-order valence-corrected chi connectivity index (χ0v) is 16.2. The molecule has 0 aromatic heterocycles. The van der Waals surface area contributed by atoms with E-state index in [0.717, 1.165) is 37.6 Å². The Morgan fingerprint density at radius 3 is 2.92 bits per heavy atom. The van der Waals surface area contributed by atoms with Gasteiger partial charge >= 0.3 is 6.61 Å². The minimum absolute atomic E-state index is 0. The number of alkyl halides is 2. The summed E-state index contributed by atoms with van der Waals surface area (Å²) < 4.78 is 34.1. The van der Waals surface area contributed by atoms with E-state index in [-0.39, 0.29) is 29.7 Å². The van der Waals surface area contributed by atoms with Crippen molar-refractivity contribution in [2.45, 2.75) is 19.6 Å². The van der Waals surface area contributed by atoms with Crippen molar-refractivity contribution in [3.8, 4) is 5.75 Å². The number of methoxy groups -OCH3 is 1. The maximum atomic E-state index is 12.3. The SMILES string of the molecule is CN=C(NCc1cccc(OC(F)F)c1)N1CCC(COC)C1.I. The number of hydrogen-bond donors (Lipinski definition) is 1. The number of nitrogens with zero attached hydrogens (tertiary/aromatic N) is 2. The zero-order valence-electron chi connectivity index (χ0n) is 13.9. The van der Waals surface area contributed by atoms with Crippen molar-refractivity contribution in [3.05, 3.63) is 29.8 Å². The maximum Gasteiger partial charge on any atom is 0.387 e. The normalized spacial score (nSPS) is 17.8. The number of guanidine groups is 1. The first kappa shape index (κ1) is 20.9. The van der Waals surface area contributed by atoms with Crippen LogP contribution in [0.4, 0.5) is 8.78 Å². The summed E-state index contributed by atoms with van der Waals surface area (Å²) >= 11 is 0. The molecule has 0 bridgehead atoms. The summed E-state index contributed by atoms with van der Waals surface area (Å²) in [6, 6.07) is 6.67. The molecule has 1 aliphatic rings. The summed E-state index contributed by atoms with van der Waals surface area (Å²) in [6.07, 6.45) is 1.08. The van der Waals surface area contributed by atoms with Crippen LogP contribution in [0, 0.1) is 5.92 Å². The van der Waals surface area contributed by atoms with Crippen molar-refractivity contribution in [1.29, 1.82) is 0 Å². The van der Waals surface area contributed by atoms with Crippen molar-refractivity contribution in [1.82, 2.24) is 10.2 Å². The van der Waals surface area contributed by atoms with E-state index in [1.165, 1.54) is 6.07 Å². The van der Waals surface area contributed by atoms with Gasteiger partial charge < -0.3 is 19.7 Å². The van der Waals surface area contributed by atoms with E-state index in [9.17, 15) is 8.78 Å². The van der Waals surface area contributed by atoms with Crippen LogP contribution in [0.2, 0.25) is 0 Å². The minimum Gasteiger partial charge on any atom is -0.435 e. The highest BCUT2D eigenvalue weighted by Crippen LogP contribution is 2.18. The number of ether oxygens (including phenoxy) is 2. The Morgan fingerprint density at radius 2 is 2.25 bits per heavy atom. The van der Waals surface area contributed by atoms with Crippen LogP contribution in [-0.4, -0.2) is 51.3 Å². The summed E-state index contributed by atoms with van der Waals surface area (Å²) in [5.74, 6) is 1.49. The smallest absolute Gasteiger partial charge is 0.387 e. The van der Waals surface area contributed by atoms with Gasteiger partial charge in [-0.1, -0.05) is 12.1 Å². The summed E-state index contributed by atoms with van der Waals surface area (Å²) in [5.41, 5.74) is 0.858. The highest BCUT2D eigenvalue weighted by atomic mass is 127. The van der Waals surface area contributed by atoms with Crippen molar-refractivity contribution in [2.24, 2.45) is 10.9 Å². The predicted molar refractivity (Wildman–Crippen MR) is 100 cm³/mol. The molecule has 2 rings (SSSR count). The Bertz CT molecular complexity index is 532. The minimum atomic E-state index is -2.81. The molecule has 0 radical (unpaired) electrons. The Kier molecular flexibility index (Phi) is 9.27. The van der Waals surface area contributed by atoms with Gasteiger partial charge in [-0.3, -0.25) is 4.99 Å². The van der Waals surface area contributed by atoms with Crippen molar-refractivity contribution in [2.75, 3.05) is 33.9 Å². The molecular formula is C16H24F2IN3O2. The average molecular weight is 455 g/mol. The molecule has 0 aliphatic carbocycles. The zero-order chi connectivity index (χ0) is 16.7. The quantitative estimate of drug-likeness (QED) is 0.407. The lowest BCUT2D eigenvalue weighted by Crippen LogP contribution is -2.39. The lowest BCUT2D eigenvalue weighted by Gasteiger charge is -2.21. The topological polar surface area (TPSA) is 46.1 Å². The maximum absolute atomic E-state index is 12.3. The first-order valence-corrected chi connectivity index (χ1v) is 7.60. The highest BCUT2D eigenvalue weighted by molar-refractivity contribution is 14.0. The van der Waals surface area contributed by atoms with E-state index in [2.05, 4.69) is 19.9 Å². The van der Waals surface area contributed by atoms with Gasteiger partial charge in [-0.25, -0.2) is 0 Å². The van der Waals surface area contributed by atoms with Gasteiger partial charge in [0.25, 0.3) is 0 Å². The molecule has 8 heteroatoms. The van der Waals surface area contributed by atoms with E-state index in [1.54, 1.807) is 26.3 Å². The molecule has 1 saturated heterocycles. The molecular weight excluding hydrogens is 431 g/mol. The van der Waals surface area contributed by atoms with Crippen LogP contribution < -0.4 is 10.1 Å². The number of benzene rings is 1. The molecule has 1 aromatic rings. The van der Waals surface area contributed by atoms with Crippen LogP contribution in [-0.2, 0) is 11.3 Å². The van der Waals surface area contributed by atoms with Gasteiger partial charge in [-0.15, -0.1) is 24.0 Å². The second-order valence-corrected chi connectivity index (χ2v) is 5.48. The van der Waals surface area contributed by atoms with Crippen molar-refractivity contribution < 1.29 is 18.3 Å². The van der Waals surface area contributed by atoms with Crippen molar-refractivity contribution in [3.63, 3.8) is 0 Å². The second-order valence-electron chi connectivity index (χ2n) is 5.48. The Morgan fingerprint density at radius 1 is 1.46 bits per heavy atom. The Balaban J connectivity index is 0.00000288. The number of nitrogens with one attached hydrogen (secondary N) is 1. The van der Waals surface area contributed by atoms with Gasteiger partial charge in [0.15, 0.2) is 5.96 Å². The van der Waals surface area contributed by atoms with Gasteiger partial charge in [0.05, 0.1) is 6.61 Å². The van der Waals surface area contributed by atoms with Gasteiger partial charge in [0, 0.05) is 39.7 Å². The lowest BCUT2D eigenvalue weighted by atomic mass is 10.1. The summed E-state index contributed by atoms with van der Waals surface area (Å²) in [4.78, 5) is 6.47. The molecule has 136 valence electrons. The van der Waals surface area contributed by atoms with Gasteiger partial charge in [0.1, 0.15) is 5.75 Å². The monoisotopic (exact) mass is 455 g/mol. The van der Waals surface area contributed by atoms with Crippen LogP contribution in [0.3, 0.4) is 0 Å². The molecule has 0 amide bonds. The number of aliphatic imine (C=N–C) groups is 1. The molecule has 1 N–H and O–H groups in total. The molecule has 24 heavy (non-hydrogen) atoms. The number of likely N-dealkylation sites (tertiary alicyclic amines) is 1. The van der Waals surface area contributed by atoms with Crippen LogP contribution in [0.5, 0.6) is 5.75 Å². The third-order valence-corrected chi connectivity index (χ3v) is 3.77. The molecule has 1 heterocycles. The van der Waals surface area contributed by atoms with Crippen LogP contribution in [0.15, 0.2) is 29.3 Å². The third kappa shape index (κ3) is 6.39. The number of halogens is 3. The summed E-state index contributed by atoms with van der Waals surface area (Å²) in [6.45, 7) is 0.275. The lowest BCUT2D eigenvalue weighted by molar-refractivity contribution is -0.0498. The number of rotatable bonds is 6. The van der Waals surface area contributed by atoms with E-state index in [1.807, 2.05) is 6.07 Å². The van der Waals surface area contributed by atoms with Gasteiger partial charge in [0.2, 0.25) is 0 Å². The first-order chi connectivity index (χ1) is 11.1. The fourth-order valence-corrected chi connectivity index (χ4v) is 2.74. The summed E-state index contributed by atoms with van der Waals surface area (Å²) in [7, 11) is 3.45. The largest absolute Gasteiger partial charge is 0.435 e. The summed E-state index contributed by atoms with van der Waals surface area (Å²) in [5, 5.41) is 3.26. The third-order valence-electron chi connectivity index (χ3n) is 3.77. The average Bonchev–Trinajstić information content (AvgIpc) is 2.96. The van der Waals surface area contributed by atoms with E-state index in [4.69, 9.17) is 4.74 Å². The van der Waals surface area contributed by atoms with Crippen molar-refractivity contribution >= 4 is 29.9 Å². The Labute approximate surface area is 158 Å². The molecule has 1 unspecified atom stereocenters. The molecule has 0 spiro atoms. The van der Waals surface area contributed by atoms with Crippen LogP contribution >= 0.6 is 24.0 Å². The first-order valence-electron chi connectivity index (χ1n) is 7.60. The fourth-order valence-electron chi connectivity index (χ4n) is 2.74. The molecule has 0 saturated carbocycles. The van der Waals surface area contributed by atoms with Gasteiger partial charge in [-0.05, 0) is 24.1 Å². The molecule has 1 aliphatic heterocycles. The van der Waals surface area contributed by atoms with E-state index in [0.29, 0.717) is 12.5 Å².